The zero-order valence-corrected chi connectivity index (χ0v) is 14.2. The lowest BCUT2D eigenvalue weighted by atomic mass is 9.94. The molecule has 0 atom stereocenters. The van der Waals surface area contributed by atoms with Crippen LogP contribution in [0.1, 0.15) is 28.5 Å². The minimum Gasteiger partial charge on any atom is -0.465 e. The maximum Gasteiger partial charge on any atom is 0.325 e. The summed E-state index contributed by atoms with van der Waals surface area (Å²) in [5.41, 5.74) is 3.37. The minimum absolute atomic E-state index is 0.0805. The molecule has 25 heavy (non-hydrogen) atoms. The number of nitrogens with zero attached hydrogens (tertiary/aromatic N) is 2. The number of carbonyl (C=O) groups is 2. The van der Waals surface area contributed by atoms with E-state index in [4.69, 9.17) is 4.74 Å². The summed E-state index contributed by atoms with van der Waals surface area (Å²) in [7, 11) is 0. The molecular weight excluding hydrogens is 323 g/mol. The highest BCUT2D eigenvalue weighted by Crippen LogP contribution is 2.29. The van der Waals surface area contributed by atoms with Crippen LogP contribution in [0.25, 0.3) is 11.3 Å². The maximum absolute atomic E-state index is 13.2. The SMILES string of the molecule is CCOC(=O)CN1CCc2cc(C)nc(-c3ccc(F)cc3)c2C1=O. The minimum atomic E-state index is -0.428. The molecule has 1 aromatic carbocycles. The van der Waals surface area contributed by atoms with E-state index in [1.807, 2.05) is 13.0 Å². The molecule has 130 valence electrons. The topological polar surface area (TPSA) is 59.5 Å². The van der Waals surface area contributed by atoms with Crippen molar-refractivity contribution in [1.82, 2.24) is 9.88 Å². The van der Waals surface area contributed by atoms with Gasteiger partial charge < -0.3 is 9.64 Å². The molecule has 6 heteroatoms. The Bertz CT molecular complexity index is 818. The summed E-state index contributed by atoms with van der Waals surface area (Å²) >= 11 is 0. The van der Waals surface area contributed by atoms with Gasteiger partial charge in [-0.25, -0.2) is 4.39 Å². The molecule has 0 saturated carbocycles. The summed E-state index contributed by atoms with van der Waals surface area (Å²) in [6.07, 6.45) is 0.637. The highest BCUT2D eigenvalue weighted by molar-refractivity contribution is 6.03. The number of fused-ring (bicyclic) bond motifs is 1. The standard InChI is InChI=1S/C19H19FN2O3/c1-3-25-16(23)11-22-9-8-14-10-12(2)21-18(17(14)19(22)24)13-4-6-15(20)7-5-13/h4-7,10H,3,8-9,11H2,1-2H3. The Balaban J connectivity index is 2.00. The van der Waals surface area contributed by atoms with E-state index in [1.165, 1.54) is 17.0 Å². The van der Waals surface area contributed by atoms with Crippen LogP contribution in [0.4, 0.5) is 4.39 Å². The van der Waals surface area contributed by atoms with Crippen LogP contribution >= 0.6 is 0 Å². The van der Waals surface area contributed by atoms with Gasteiger partial charge >= 0.3 is 5.97 Å². The molecule has 0 radical (unpaired) electrons. The van der Waals surface area contributed by atoms with Gasteiger partial charge in [0.15, 0.2) is 0 Å². The van der Waals surface area contributed by atoms with Gasteiger partial charge in [0.25, 0.3) is 5.91 Å². The van der Waals surface area contributed by atoms with Crippen LogP contribution in [0.5, 0.6) is 0 Å². The number of ether oxygens (including phenoxy) is 1. The van der Waals surface area contributed by atoms with Gasteiger partial charge in [-0.1, -0.05) is 0 Å². The highest BCUT2D eigenvalue weighted by Gasteiger charge is 2.30. The molecule has 1 amide bonds. The molecule has 5 nitrogen and oxygen atoms in total. The van der Waals surface area contributed by atoms with Crippen molar-refractivity contribution in [1.29, 1.82) is 0 Å². The summed E-state index contributed by atoms with van der Waals surface area (Å²) in [5, 5.41) is 0. The first-order valence-electron chi connectivity index (χ1n) is 8.21. The van der Waals surface area contributed by atoms with E-state index < -0.39 is 5.97 Å². The Morgan fingerprint density at radius 1 is 1.32 bits per heavy atom. The van der Waals surface area contributed by atoms with Crippen molar-refractivity contribution >= 4 is 11.9 Å². The lowest BCUT2D eigenvalue weighted by Crippen LogP contribution is -2.41. The molecule has 3 rings (SSSR count). The third-order valence-electron chi connectivity index (χ3n) is 4.12. The van der Waals surface area contributed by atoms with E-state index in [9.17, 15) is 14.0 Å². The van der Waals surface area contributed by atoms with Gasteiger partial charge in [0.1, 0.15) is 12.4 Å². The molecule has 2 heterocycles. The van der Waals surface area contributed by atoms with Gasteiger partial charge in [0.2, 0.25) is 0 Å². The van der Waals surface area contributed by atoms with Crippen LogP contribution in [0.2, 0.25) is 0 Å². The van der Waals surface area contributed by atoms with E-state index in [0.717, 1.165) is 11.3 Å². The Labute approximate surface area is 145 Å². The second-order valence-electron chi connectivity index (χ2n) is 5.93. The molecule has 0 spiro atoms. The number of amides is 1. The van der Waals surface area contributed by atoms with Crippen molar-refractivity contribution in [3.8, 4) is 11.3 Å². The number of esters is 1. The number of aromatic nitrogens is 1. The summed E-state index contributed by atoms with van der Waals surface area (Å²) in [6, 6.07) is 7.79. The molecule has 2 aromatic rings. The van der Waals surface area contributed by atoms with Crippen molar-refractivity contribution in [2.24, 2.45) is 0 Å². The second kappa shape index (κ2) is 7.01. The highest BCUT2D eigenvalue weighted by atomic mass is 19.1. The van der Waals surface area contributed by atoms with E-state index in [1.54, 1.807) is 19.1 Å². The van der Waals surface area contributed by atoms with Crippen LogP contribution in [0.15, 0.2) is 30.3 Å². The Hall–Kier alpha value is -2.76. The molecule has 0 N–H and O–H groups in total. The van der Waals surface area contributed by atoms with Crippen LogP contribution < -0.4 is 0 Å². The van der Waals surface area contributed by atoms with E-state index >= 15 is 0 Å². The average Bonchev–Trinajstić information content (AvgIpc) is 2.57. The van der Waals surface area contributed by atoms with Gasteiger partial charge in [-0.2, -0.15) is 0 Å². The van der Waals surface area contributed by atoms with Gasteiger partial charge in [-0.15, -0.1) is 0 Å². The molecule has 1 aliphatic rings. The predicted octanol–water partition coefficient (Wildman–Crippen LogP) is 2.76. The largest absolute Gasteiger partial charge is 0.465 e. The average molecular weight is 342 g/mol. The molecule has 0 aliphatic carbocycles. The van der Waals surface area contributed by atoms with Crippen molar-refractivity contribution in [3.63, 3.8) is 0 Å². The molecule has 0 fully saturated rings. The third kappa shape index (κ3) is 3.52. The zero-order chi connectivity index (χ0) is 18.0. The van der Waals surface area contributed by atoms with Crippen molar-refractivity contribution in [2.45, 2.75) is 20.3 Å². The fourth-order valence-electron chi connectivity index (χ4n) is 3.02. The smallest absolute Gasteiger partial charge is 0.325 e. The molecule has 0 bridgehead atoms. The van der Waals surface area contributed by atoms with Crippen LogP contribution in [0.3, 0.4) is 0 Å². The zero-order valence-electron chi connectivity index (χ0n) is 14.2. The quantitative estimate of drug-likeness (QED) is 0.802. The predicted molar refractivity (Wildman–Crippen MR) is 90.6 cm³/mol. The number of hydrogen-bond acceptors (Lipinski definition) is 4. The van der Waals surface area contributed by atoms with Crippen LogP contribution in [-0.4, -0.2) is 41.5 Å². The molecular formula is C19H19FN2O3. The second-order valence-corrected chi connectivity index (χ2v) is 5.93. The number of halogens is 1. The number of rotatable bonds is 4. The summed E-state index contributed by atoms with van der Waals surface area (Å²) in [6.45, 7) is 4.24. The van der Waals surface area contributed by atoms with E-state index in [2.05, 4.69) is 4.98 Å². The summed E-state index contributed by atoms with van der Waals surface area (Å²) in [4.78, 5) is 30.7. The number of aryl methyl sites for hydroxylation is 1. The number of hydrogen-bond donors (Lipinski definition) is 0. The monoisotopic (exact) mass is 342 g/mol. The summed E-state index contributed by atoms with van der Waals surface area (Å²) in [5.74, 6) is -1.02. The van der Waals surface area contributed by atoms with Gasteiger partial charge in [-0.3, -0.25) is 14.6 Å². The van der Waals surface area contributed by atoms with Crippen molar-refractivity contribution in [3.05, 3.63) is 53.0 Å². The third-order valence-corrected chi connectivity index (χ3v) is 4.12. The Morgan fingerprint density at radius 3 is 2.72 bits per heavy atom. The first-order chi connectivity index (χ1) is 12.0. The lowest BCUT2D eigenvalue weighted by molar-refractivity contribution is -0.143. The van der Waals surface area contributed by atoms with E-state index in [0.29, 0.717) is 29.8 Å². The fraction of sp³-hybridized carbons (Fsp3) is 0.316. The molecule has 1 aromatic heterocycles. The maximum atomic E-state index is 13.2. The fourth-order valence-corrected chi connectivity index (χ4v) is 3.02. The van der Waals surface area contributed by atoms with Gasteiger partial charge in [0, 0.05) is 17.8 Å². The van der Waals surface area contributed by atoms with Crippen molar-refractivity contribution < 1.29 is 18.7 Å². The van der Waals surface area contributed by atoms with Crippen molar-refractivity contribution in [2.75, 3.05) is 19.7 Å². The first-order valence-corrected chi connectivity index (χ1v) is 8.21. The first kappa shape index (κ1) is 17.1. The normalized spacial score (nSPS) is 13.6. The number of carbonyl (C=O) groups excluding carboxylic acids is 2. The van der Waals surface area contributed by atoms with E-state index in [-0.39, 0.29) is 24.9 Å². The van der Waals surface area contributed by atoms with Gasteiger partial charge in [0.05, 0.1) is 17.9 Å². The van der Waals surface area contributed by atoms with Crippen LogP contribution in [-0.2, 0) is 16.0 Å². The number of pyridine rings is 1. The Kier molecular flexibility index (Phi) is 4.79. The number of benzene rings is 1. The molecule has 0 unspecified atom stereocenters. The summed E-state index contributed by atoms with van der Waals surface area (Å²) < 4.78 is 18.2. The molecule has 1 aliphatic heterocycles. The Morgan fingerprint density at radius 2 is 2.04 bits per heavy atom. The lowest BCUT2D eigenvalue weighted by Gasteiger charge is -2.29. The van der Waals surface area contributed by atoms with Gasteiger partial charge in [-0.05, 0) is 56.2 Å². The molecule has 0 saturated heterocycles. The van der Waals surface area contributed by atoms with Crippen LogP contribution in [0, 0.1) is 12.7 Å².